The van der Waals surface area contributed by atoms with E-state index in [1.807, 2.05) is 4.90 Å². The minimum absolute atomic E-state index is 0.137. The number of piperidine rings is 3. The smallest absolute Gasteiger partial charge is 0.0905 e. The van der Waals surface area contributed by atoms with E-state index in [1.165, 1.54) is 154 Å². The molecule has 0 aromatic rings. The second-order valence-corrected chi connectivity index (χ2v) is 16.6. The number of nitrogens with one attached hydrogen (secondary N) is 3. The fraction of sp³-hybridized carbons (Fsp3) is 1.00. The van der Waals surface area contributed by atoms with Gasteiger partial charge in [0.05, 0.1) is 31.3 Å². The van der Waals surface area contributed by atoms with Gasteiger partial charge in [-0.2, -0.15) is 0 Å². The van der Waals surface area contributed by atoms with Gasteiger partial charge in [0, 0.05) is 48.8 Å². The molecule has 0 aromatic carbocycles. The van der Waals surface area contributed by atoms with E-state index >= 15 is 0 Å². The zero-order valence-corrected chi connectivity index (χ0v) is 30.1. The lowest BCUT2D eigenvalue weighted by molar-refractivity contribution is -0.925. The second kappa shape index (κ2) is 21.7. The first-order chi connectivity index (χ1) is 22.0. The molecule has 45 heavy (non-hydrogen) atoms. The van der Waals surface area contributed by atoms with Crippen LogP contribution < -0.4 is 15.5 Å². The van der Waals surface area contributed by atoms with Crippen molar-refractivity contribution in [2.24, 2.45) is 11.8 Å². The summed E-state index contributed by atoms with van der Waals surface area (Å²) in [6, 6.07) is 2.85. The van der Waals surface area contributed by atoms with Gasteiger partial charge in [0.1, 0.15) is 0 Å². The molecule has 5 heteroatoms. The summed E-state index contributed by atoms with van der Waals surface area (Å²) in [5.41, 5.74) is 0. The molecule has 4 aliphatic rings. The third kappa shape index (κ3) is 14.1. The number of fused-ring (bicyclic) bond motifs is 1. The SMILES string of the molecule is C[C@@H]1N[C@H](CCCCCCCCCCC2CC(CCCCCCCCCC[C@H]3CC[C@@H](O)[C@@H](C)N3)C[NH+]3CCCC23)CC[C@H]1O. The summed E-state index contributed by atoms with van der Waals surface area (Å²) < 4.78 is 0. The predicted molar refractivity (Wildman–Crippen MR) is 191 cm³/mol. The van der Waals surface area contributed by atoms with E-state index in [-0.39, 0.29) is 24.3 Å². The average molecular weight is 633 g/mol. The highest BCUT2D eigenvalue weighted by Crippen LogP contribution is 2.31. The summed E-state index contributed by atoms with van der Waals surface area (Å²) in [5, 5.41) is 27.0. The number of aliphatic hydroxyl groups excluding tert-OH is 2. The van der Waals surface area contributed by atoms with Gasteiger partial charge < -0.3 is 25.7 Å². The number of rotatable bonds is 22. The van der Waals surface area contributed by atoms with Crippen LogP contribution in [-0.4, -0.2) is 65.7 Å². The molecule has 4 unspecified atom stereocenters. The van der Waals surface area contributed by atoms with Crippen molar-refractivity contribution in [2.75, 3.05) is 13.1 Å². The van der Waals surface area contributed by atoms with E-state index in [2.05, 4.69) is 24.5 Å². The summed E-state index contributed by atoms with van der Waals surface area (Å²) >= 11 is 0. The van der Waals surface area contributed by atoms with E-state index in [9.17, 15) is 10.2 Å². The molecule has 4 aliphatic heterocycles. The summed E-state index contributed by atoms with van der Waals surface area (Å²) in [5.74, 6) is 2.03. The van der Waals surface area contributed by atoms with Crippen molar-refractivity contribution in [3.05, 3.63) is 0 Å². The summed E-state index contributed by atoms with van der Waals surface area (Å²) in [6.07, 6.45) is 37.1. The highest BCUT2D eigenvalue weighted by molar-refractivity contribution is 4.85. The van der Waals surface area contributed by atoms with Gasteiger partial charge in [0.15, 0.2) is 0 Å². The minimum atomic E-state index is -0.137. The van der Waals surface area contributed by atoms with Crippen molar-refractivity contribution in [3.63, 3.8) is 0 Å². The monoisotopic (exact) mass is 633 g/mol. The van der Waals surface area contributed by atoms with Gasteiger partial charge in [-0.05, 0) is 71.6 Å². The Morgan fingerprint density at radius 3 is 1.47 bits per heavy atom. The maximum absolute atomic E-state index is 9.89. The first-order valence-corrected chi connectivity index (χ1v) is 20.7. The highest BCUT2D eigenvalue weighted by atomic mass is 16.3. The largest absolute Gasteiger partial charge is 0.392 e. The summed E-state index contributed by atoms with van der Waals surface area (Å²) in [7, 11) is 0. The lowest BCUT2D eigenvalue weighted by Crippen LogP contribution is -3.16. The zero-order valence-electron chi connectivity index (χ0n) is 30.1. The van der Waals surface area contributed by atoms with E-state index in [4.69, 9.17) is 0 Å². The summed E-state index contributed by atoms with van der Waals surface area (Å²) in [6.45, 7) is 7.22. The third-order valence-corrected chi connectivity index (χ3v) is 12.9. The maximum Gasteiger partial charge on any atom is 0.0905 e. The Morgan fingerprint density at radius 1 is 0.533 bits per heavy atom. The van der Waals surface area contributed by atoms with E-state index in [0.29, 0.717) is 12.1 Å². The standard InChI is InChI=1S/C40H77N3O2/c1-32-39(44)27-25-36(41-32)22-17-13-9-5-3-7-11-15-20-34-30-35(38-24-19-29-43(38)31-34)21-16-12-8-4-6-10-14-18-23-37-26-28-40(45)33(2)42-37/h32-42,44-45H,3-31H2,1-2H3/p+1/t32-,33+,34?,35?,36+,37-,38?,39-,40-/m1/s1. The van der Waals surface area contributed by atoms with Crippen LogP contribution in [0.25, 0.3) is 0 Å². The molecule has 5 nitrogen and oxygen atoms in total. The average Bonchev–Trinajstić information content (AvgIpc) is 3.51. The Labute approximate surface area is 279 Å². The molecule has 0 aromatic heterocycles. The Bertz CT molecular complexity index is 751. The molecule has 10 atom stereocenters. The van der Waals surface area contributed by atoms with Crippen LogP contribution >= 0.6 is 0 Å². The number of hydrogen-bond donors (Lipinski definition) is 5. The lowest BCUT2D eigenvalue weighted by atomic mass is 9.78. The normalized spacial score (nSPS) is 35.5. The molecule has 4 saturated heterocycles. The van der Waals surface area contributed by atoms with Gasteiger partial charge in [-0.15, -0.1) is 0 Å². The second-order valence-electron chi connectivity index (χ2n) is 16.6. The van der Waals surface area contributed by atoms with Crippen LogP contribution in [0.5, 0.6) is 0 Å². The number of unbranched alkanes of at least 4 members (excludes halogenated alkanes) is 14. The summed E-state index contributed by atoms with van der Waals surface area (Å²) in [4.78, 5) is 2.00. The molecule has 5 N–H and O–H groups in total. The van der Waals surface area contributed by atoms with E-state index in [0.717, 1.165) is 43.6 Å². The highest BCUT2D eigenvalue weighted by Gasteiger charge is 2.41. The van der Waals surface area contributed by atoms with Crippen molar-refractivity contribution in [2.45, 2.75) is 230 Å². The third-order valence-electron chi connectivity index (χ3n) is 12.9. The molecule has 264 valence electrons. The molecule has 0 spiro atoms. The van der Waals surface area contributed by atoms with E-state index < -0.39 is 0 Å². The number of quaternary nitrogens is 1. The predicted octanol–water partition coefficient (Wildman–Crippen LogP) is 7.47. The molecule has 4 rings (SSSR count). The Hall–Kier alpha value is -0.200. The molecular weight excluding hydrogens is 554 g/mol. The molecule has 0 amide bonds. The maximum atomic E-state index is 9.89. The van der Waals surface area contributed by atoms with Gasteiger partial charge in [-0.3, -0.25) is 0 Å². The van der Waals surface area contributed by atoms with Gasteiger partial charge in [0.25, 0.3) is 0 Å². The first kappa shape index (κ1) is 37.6. The first-order valence-electron chi connectivity index (χ1n) is 20.7. The molecular formula is C40H78N3O2+. The Morgan fingerprint density at radius 2 is 0.978 bits per heavy atom. The molecule has 4 heterocycles. The van der Waals surface area contributed by atoms with Crippen molar-refractivity contribution in [1.29, 1.82) is 0 Å². The van der Waals surface area contributed by atoms with Gasteiger partial charge in [-0.25, -0.2) is 0 Å². The van der Waals surface area contributed by atoms with Crippen LogP contribution in [0, 0.1) is 11.8 Å². The zero-order chi connectivity index (χ0) is 31.7. The lowest BCUT2D eigenvalue weighted by Gasteiger charge is -2.38. The van der Waals surface area contributed by atoms with Crippen LogP contribution in [-0.2, 0) is 0 Å². The Balaban J connectivity index is 0.944. The van der Waals surface area contributed by atoms with E-state index in [1.54, 1.807) is 6.42 Å². The van der Waals surface area contributed by atoms with Crippen molar-refractivity contribution < 1.29 is 15.1 Å². The van der Waals surface area contributed by atoms with Crippen LogP contribution in [0.15, 0.2) is 0 Å². The minimum Gasteiger partial charge on any atom is -0.392 e. The fourth-order valence-corrected chi connectivity index (χ4v) is 9.92. The van der Waals surface area contributed by atoms with Crippen molar-refractivity contribution in [3.8, 4) is 0 Å². The molecule has 0 radical (unpaired) electrons. The van der Waals surface area contributed by atoms with Crippen LogP contribution in [0.1, 0.15) is 187 Å². The van der Waals surface area contributed by atoms with Crippen LogP contribution in [0.4, 0.5) is 0 Å². The molecule has 0 saturated carbocycles. The number of hydrogen-bond acceptors (Lipinski definition) is 4. The Kier molecular flexibility index (Phi) is 18.1. The quantitative estimate of drug-likeness (QED) is 0.0804. The molecule has 0 bridgehead atoms. The fourth-order valence-electron chi connectivity index (χ4n) is 9.92. The van der Waals surface area contributed by atoms with Gasteiger partial charge in [-0.1, -0.05) is 103 Å². The topological polar surface area (TPSA) is 69.0 Å². The van der Waals surface area contributed by atoms with Crippen molar-refractivity contribution in [1.82, 2.24) is 10.6 Å². The molecule has 0 aliphatic carbocycles. The molecule has 4 fully saturated rings. The van der Waals surface area contributed by atoms with Gasteiger partial charge in [0.2, 0.25) is 0 Å². The van der Waals surface area contributed by atoms with Crippen LogP contribution in [0.3, 0.4) is 0 Å². The number of aliphatic hydroxyl groups is 2. The van der Waals surface area contributed by atoms with Crippen LogP contribution in [0.2, 0.25) is 0 Å². The van der Waals surface area contributed by atoms with Gasteiger partial charge >= 0.3 is 0 Å². The van der Waals surface area contributed by atoms with Crippen molar-refractivity contribution >= 4 is 0 Å².